The molecule has 9 nitrogen and oxygen atoms in total. The third-order valence-corrected chi connectivity index (χ3v) is 5.77. The van der Waals surface area contributed by atoms with Crippen LogP contribution in [0.5, 0.6) is 5.88 Å². The number of rotatable bonds is 5. The maximum absolute atomic E-state index is 13.5. The minimum Gasteiger partial charge on any atom is -0.472 e. The summed E-state index contributed by atoms with van der Waals surface area (Å²) >= 11 is 0. The number of carbonyl (C=O) groups excluding carboxylic acids is 2. The van der Waals surface area contributed by atoms with E-state index in [9.17, 15) is 14.7 Å². The van der Waals surface area contributed by atoms with Crippen LogP contribution in [0.2, 0.25) is 0 Å². The van der Waals surface area contributed by atoms with Crippen LogP contribution in [-0.4, -0.2) is 81.7 Å². The normalized spacial score (nSPS) is 18.4. The van der Waals surface area contributed by atoms with Gasteiger partial charge in [0.05, 0.1) is 19.2 Å². The summed E-state index contributed by atoms with van der Waals surface area (Å²) in [5, 5.41) is 12.7. The summed E-state index contributed by atoms with van der Waals surface area (Å²) in [4.78, 5) is 37.6. The second-order valence-corrected chi connectivity index (χ2v) is 9.17. The van der Waals surface area contributed by atoms with Gasteiger partial charge in [0.25, 0.3) is 5.91 Å². The molecule has 3 heterocycles. The van der Waals surface area contributed by atoms with Gasteiger partial charge in [-0.3, -0.25) is 9.78 Å². The van der Waals surface area contributed by atoms with Crippen LogP contribution in [0.25, 0.3) is 0 Å². The van der Waals surface area contributed by atoms with Gasteiger partial charge in [-0.25, -0.2) is 9.78 Å². The lowest BCUT2D eigenvalue weighted by molar-refractivity contribution is 0.0351. The number of aromatic nitrogens is 2. The number of nitrogens with zero attached hydrogens (tertiary/aromatic N) is 4. The number of carbonyl (C=O) groups is 2. The highest BCUT2D eigenvalue weighted by atomic mass is 16.5. The van der Waals surface area contributed by atoms with Crippen molar-refractivity contribution < 1.29 is 19.4 Å². The summed E-state index contributed by atoms with van der Waals surface area (Å²) in [6.45, 7) is 8.04. The van der Waals surface area contributed by atoms with E-state index in [4.69, 9.17) is 4.74 Å². The van der Waals surface area contributed by atoms with E-state index in [1.807, 2.05) is 20.8 Å². The fraction of sp³-hybridized carbons (Fsp3) is 0.462. The molecule has 1 aliphatic rings. The van der Waals surface area contributed by atoms with E-state index in [2.05, 4.69) is 27.1 Å². The van der Waals surface area contributed by atoms with Gasteiger partial charge in [-0.2, -0.15) is 0 Å². The molecule has 3 amide bonds. The van der Waals surface area contributed by atoms with Gasteiger partial charge in [-0.05, 0) is 39.0 Å². The minimum absolute atomic E-state index is 0.00761. The number of ether oxygens (including phenoxy) is 1. The summed E-state index contributed by atoms with van der Waals surface area (Å²) in [6.07, 6.45) is 4.47. The Kier molecular flexibility index (Phi) is 8.66. The van der Waals surface area contributed by atoms with Crippen molar-refractivity contribution in [2.75, 3.05) is 26.7 Å². The molecular formula is C26H33N5O4. The average molecular weight is 480 g/mol. The van der Waals surface area contributed by atoms with Crippen molar-refractivity contribution in [3.8, 4) is 17.7 Å². The molecule has 35 heavy (non-hydrogen) atoms. The summed E-state index contributed by atoms with van der Waals surface area (Å²) in [5.41, 5.74) is 1.63. The van der Waals surface area contributed by atoms with Crippen LogP contribution < -0.4 is 10.1 Å². The Labute approximate surface area is 206 Å². The standard InChI is InChI=1S/C26H33N5O4/c1-17(2)29-26(34)30(5)15-23-18(3)14-31(19(4)16-32)25(33)22-12-21(13-28-24(22)35-23)7-6-20-8-10-27-11-9-20/h8-13,17-19,23,32H,14-16H2,1-5H3,(H,29,34)/t18-,19-,23+/m1/s1. The Morgan fingerprint density at radius 3 is 2.63 bits per heavy atom. The maximum Gasteiger partial charge on any atom is 0.317 e. The first kappa shape index (κ1) is 26.0. The predicted octanol–water partition coefficient (Wildman–Crippen LogP) is 2.15. The minimum atomic E-state index is -0.417. The lowest BCUT2D eigenvalue weighted by Gasteiger charge is -2.37. The first-order valence-electron chi connectivity index (χ1n) is 11.7. The van der Waals surface area contributed by atoms with Crippen LogP contribution in [-0.2, 0) is 0 Å². The van der Waals surface area contributed by atoms with Gasteiger partial charge in [0, 0.05) is 55.3 Å². The highest BCUT2D eigenvalue weighted by Gasteiger charge is 2.34. The molecule has 0 bridgehead atoms. The first-order chi connectivity index (χ1) is 16.7. The van der Waals surface area contributed by atoms with Crippen molar-refractivity contribution in [2.24, 2.45) is 5.92 Å². The van der Waals surface area contributed by atoms with Crippen molar-refractivity contribution in [1.29, 1.82) is 0 Å². The fourth-order valence-electron chi connectivity index (χ4n) is 3.68. The van der Waals surface area contributed by atoms with Crippen molar-refractivity contribution in [3.05, 3.63) is 53.5 Å². The quantitative estimate of drug-likeness (QED) is 0.637. The second-order valence-electron chi connectivity index (χ2n) is 9.17. The zero-order valence-electron chi connectivity index (χ0n) is 20.9. The third-order valence-electron chi connectivity index (χ3n) is 5.77. The van der Waals surface area contributed by atoms with E-state index >= 15 is 0 Å². The zero-order chi connectivity index (χ0) is 25.5. The fourth-order valence-corrected chi connectivity index (χ4v) is 3.68. The number of pyridine rings is 2. The van der Waals surface area contributed by atoms with E-state index in [1.165, 1.54) is 0 Å². The van der Waals surface area contributed by atoms with Crippen LogP contribution >= 0.6 is 0 Å². The molecule has 2 aromatic heterocycles. The van der Waals surface area contributed by atoms with Gasteiger partial charge in [0.1, 0.15) is 11.7 Å². The predicted molar refractivity (Wildman–Crippen MR) is 132 cm³/mol. The van der Waals surface area contributed by atoms with Gasteiger partial charge in [0.15, 0.2) is 0 Å². The molecule has 3 rings (SSSR count). The van der Waals surface area contributed by atoms with Crippen LogP contribution in [0, 0.1) is 17.8 Å². The van der Waals surface area contributed by atoms with Crippen molar-refractivity contribution in [3.63, 3.8) is 0 Å². The largest absolute Gasteiger partial charge is 0.472 e. The number of likely N-dealkylation sites (N-methyl/N-ethyl adjacent to an activating group) is 1. The molecule has 0 radical (unpaired) electrons. The number of amides is 3. The number of urea groups is 1. The molecular weight excluding hydrogens is 446 g/mol. The monoisotopic (exact) mass is 479 g/mol. The van der Waals surface area contributed by atoms with E-state index in [0.29, 0.717) is 18.7 Å². The number of hydrogen-bond acceptors (Lipinski definition) is 6. The van der Waals surface area contributed by atoms with E-state index in [-0.39, 0.29) is 41.9 Å². The van der Waals surface area contributed by atoms with E-state index in [0.717, 1.165) is 5.56 Å². The Bertz CT molecular complexity index is 1100. The van der Waals surface area contributed by atoms with E-state index < -0.39 is 12.1 Å². The third kappa shape index (κ3) is 6.70. The molecule has 2 aromatic rings. The molecule has 0 spiro atoms. The molecule has 186 valence electrons. The Morgan fingerprint density at radius 2 is 1.97 bits per heavy atom. The van der Waals surface area contributed by atoms with Crippen molar-refractivity contribution in [1.82, 2.24) is 25.1 Å². The Morgan fingerprint density at radius 1 is 1.29 bits per heavy atom. The molecule has 1 aliphatic heterocycles. The van der Waals surface area contributed by atoms with Gasteiger partial charge in [-0.1, -0.05) is 18.8 Å². The number of hydrogen-bond donors (Lipinski definition) is 2. The van der Waals surface area contributed by atoms with Crippen LogP contribution in [0.15, 0.2) is 36.8 Å². The summed E-state index contributed by atoms with van der Waals surface area (Å²) < 4.78 is 6.23. The zero-order valence-corrected chi connectivity index (χ0v) is 20.9. The van der Waals surface area contributed by atoms with Gasteiger partial charge in [0.2, 0.25) is 5.88 Å². The lowest BCUT2D eigenvalue weighted by atomic mass is 10.00. The Balaban J connectivity index is 1.95. The van der Waals surface area contributed by atoms with E-state index in [1.54, 1.807) is 60.6 Å². The molecule has 0 aliphatic carbocycles. The number of aliphatic hydroxyl groups excluding tert-OH is 1. The molecule has 0 fully saturated rings. The molecule has 0 unspecified atom stereocenters. The van der Waals surface area contributed by atoms with Gasteiger partial charge >= 0.3 is 6.03 Å². The average Bonchev–Trinajstić information content (AvgIpc) is 2.84. The molecule has 0 saturated carbocycles. The molecule has 2 N–H and O–H groups in total. The highest BCUT2D eigenvalue weighted by molar-refractivity contribution is 5.97. The van der Waals surface area contributed by atoms with Gasteiger partial charge in [-0.15, -0.1) is 0 Å². The number of nitrogens with one attached hydrogen (secondary N) is 1. The van der Waals surface area contributed by atoms with Crippen LogP contribution in [0.1, 0.15) is 49.2 Å². The van der Waals surface area contributed by atoms with Crippen molar-refractivity contribution in [2.45, 2.75) is 45.9 Å². The second kappa shape index (κ2) is 11.7. The van der Waals surface area contributed by atoms with Gasteiger partial charge < -0.3 is 25.0 Å². The van der Waals surface area contributed by atoms with Crippen LogP contribution in [0.4, 0.5) is 4.79 Å². The first-order valence-corrected chi connectivity index (χ1v) is 11.7. The van der Waals surface area contributed by atoms with Crippen LogP contribution in [0.3, 0.4) is 0 Å². The Hall–Kier alpha value is -3.64. The smallest absolute Gasteiger partial charge is 0.317 e. The number of aliphatic hydroxyl groups is 1. The molecule has 9 heteroatoms. The summed E-state index contributed by atoms with van der Waals surface area (Å²) in [6, 6.07) is 4.66. The molecule has 0 saturated heterocycles. The molecule has 3 atom stereocenters. The lowest BCUT2D eigenvalue weighted by Crippen LogP contribution is -2.51. The summed E-state index contributed by atoms with van der Waals surface area (Å²) in [5.74, 6) is 5.86. The topological polar surface area (TPSA) is 108 Å². The van der Waals surface area contributed by atoms with Crippen molar-refractivity contribution >= 4 is 11.9 Å². The summed E-state index contributed by atoms with van der Waals surface area (Å²) in [7, 11) is 1.71. The maximum atomic E-state index is 13.5. The SMILES string of the molecule is CC(C)NC(=O)N(C)C[C@@H]1Oc2ncc(C#Cc3ccncc3)cc2C(=O)N([C@H](C)CO)C[C@H]1C. The number of fused-ring (bicyclic) bond motifs is 1. The highest BCUT2D eigenvalue weighted by Crippen LogP contribution is 2.27. The molecule has 0 aromatic carbocycles.